The maximum Gasteiger partial charge on any atom is 0.284 e. The van der Waals surface area contributed by atoms with Crippen molar-refractivity contribution in [2.45, 2.75) is 11.5 Å². The first-order valence-electron chi connectivity index (χ1n) is 6.43. The summed E-state index contributed by atoms with van der Waals surface area (Å²) in [4.78, 5) is 7.37. The molecule has 0 aliphatic heterocycles. The number of nitrogens with one attached hydrogen (secondary N) is 2. The van der Waals surface area contributed by atoms with Crippen LogP contribution in [0, 0.1) is 0 Å². The van der Waals surface area contributed by atoms with E-state index in [2.05, 4.69) is 20.5 Å². The second-order valence-corrected chi connectivity index (χ2v) is 5.33. The van der Waals surface area contributed by atoms with E-state index < -0.39 is 5.76 Å². The molecule has 0 saturated heterocycles. The summed E-state index contributed by atoms with van der Waals surface area (Å²) in [6, 6.07) is 10.9. The first-order chi connectivity index (χ1) is 10.7. The van der Waals surface area contributed by atoms with Gasteiger partial charge in [0.25, 0.3) is 5.76 Å². The molecular formula is C14H12F2N4OS. The van der Waals surface area contributed by atoms with Crippen molar-refractivity contribution in [2.24, 2.45) is 5.10 Å². The van der Waals surface area contributed by atoms with Crippen molar-refractivity contribution in [3.05, 3.63) is 47.9 Å². The molecule has 0 fully saturated rings. The van der Waals surface area contributed by atoms with Crippen LogP contribution in [0.4, 0.5) is 14.7 Å². The first-order valence-corrected chi connectivity index (χ1v) is 7.48. The third-order valence-corrected chi connectivity index (χ3v) is 3.49. The number of hydrogen-bond acceptors (Lipinski definition) is 5. The molecule has 0 atom stereocenters. The molecule has 0 aliphatic carbocycles. The van der Waals surface area contributed by atoms with E-state index in [1.807, 2.05) is 24.3 Å². The van der Waals surface area contributed by atoms with Gasteiger partial charge in [-0.2, -0.15) is 13.9 Å². The van der Waals surface area contributed by atoms with Gasteiger partial charge in [-0.3, -0.25) is 0 Å². The number of fused-ring (bicyclic) bond motifs is 1. The average molecular weight is 322 g/mol. The van der Waals surface area contributed by atoms with E-state index in [4.69, 9.17) is 4.42 Å². The Bertz CT molecular complexity index is 751. The van der Waals surface area contributed by atoms with Crippen molar-refractivity contribution in [1.82, 2.24) is 9.97 Å². The van der Waals surface area contributed by atoms with Gasteiger partial charge in [0.05, 0.1) is 23.0 Å². The van der Waals surface area contributed by atoms with Crippen LogP contribution in [0.25, 0.3) is 11.0 Å². The maximum atomic E-state index is 12.1. The minimum atomic E-state index is -2.41. The second kappa shape index (κ2) is 6.61. The van der Waals surface area contributed by atoms with Crippen LogP contribution < -0.4 is 5.43 Å². The number of aromatic amines is 1. The average Bonchev–Trinajstić information content (AvgIpc) is 3.11. The van der Waals surface area contributed by atoms with Crippen LogP contribution in [0.5, 0.6) is 0 Å². The zero-order valence-electron chi connectivity index (χ0n) is 11.3. The molecule has 2 aromatic heterocycles. The molecule has 0 aliphatic rings. The molecule has 0 saturated carbocycles. The Kier molecular flexibility index (Phi) is 4.38. The lowest BCUT2D eigenvalue weighted by molar-refractivity contribution is 0.251. The quantitative estimate of drug-likeness (QED) is 0.530. The highest BCUT2D eigenvalue weighted by molar-refractivity contribution is 7.98. The van der Waals surface area contributed by atoms with E-state index >= 15 is 0 Å². The highest BCUT2D eigenvalue weighted by Gasteiger charge is 2.06. The van der Waals surface area contributed by atoms with Crippen molar-refractivity contribution >= 4 is 35.0 Å². The van der Waals surface area contributed by atoms with Crippen LogP contribution in [0.3, 0.4) is 0 Å². The van der Waals surface area contributed by atoms with Crippen molar-refractivity contribution < 1.29 is 13.2 Å². The van der Waals surface area contributed by atoms with E-state index in [1.54, 1.807) is 12.1 Å². The van der Waals surface area contributed by atoms with Gasteiger partial charge in [0.15, 0.2) is 0 Å². The monoisotopic (exact) mass is 322 g/mol. The molecule has 2 heterocycles. The molecule has 114 valence electrons. The number of aromatic nitrogens is 2. The zero-order chi connectivity index (χ0) is 15.4. The van der Waals surface area contributed by atoms with Crippen LogP contribution in [0.1, 0.15) is 11.5 Å². The van der Waals surface area contributed by atoms with Gasteiger partial charge in [0, 0.05) is 0 Å². The van der Waals surface area contributed by atoms with Crippen molar-refractivity contribution in [1.29, 1.82) is 0 Å². The molecule has 2 N–H and O–H groups in total. The number of H-pyrrole nitrogens is 1. The normalized spacial score (nSPS) is 11.8. The molecule has 1 aromatic carbocycles. The number of nitrogens with zero attached hydrogens (tertiary/aromatic N) is 2. The smallest absolute Gasteiger partial charge is 0.284 e. The Hall–Kier alpha value is -2.35. The first kappa shape index (κ1) is 14.6. The number of hydrogen-bond donors (Lipinski definition) is 2. The number of rotatable bonds is 6. The lowest BCUT2D eigenvalue weighted by Gasteiger charge is -1.95. The number of halogens is 2. The number of furan rings is 1. The number of alkyl halides is 2. The Morgan fingerprint density at radius 3 is 3.00 bits per heavy atom. The second-order valence-electron chi connectivity index (χ2n) is 4.35. The lowest BCUT2D eigenvalue weighted by atomic mass is 10.3. The van der Waals surface area contributed by atoms with E-state index in [0.29, 0.717) is 29.2 Å². The van der Waals surface area contributed by atoms with Gasteiger partial charge in [0.2, 0.25) is 5.95 Å². The van der Waals surface area contributed by atoms with Crippen LogP contribution in [-0.2, 0) is 5.75 Å². The van der Waals surface area contributed by atoms with Crippen LogP contribution in [0.2, 0.25) is 0 Å². The zero-order valence-corrected chi connectivity index (χ0v) is 12.1. The molecule has 3 aromatic rings. The lowest BCUT2D eigenvalue weighted by Crippen LogP contribution is -1.91. The number of imidazole rings is 1. The topological polar surface area (TPSA) is 66.2 Å². The highest BCUT2D eigenvalue weighted by atomic mass is 32.2. The minimum Gasteiger partial charge on any atom is -0.459 e. The fourth-order valence-electron chi connectivity index (χ4n) is 1.85. The molecular weight excluding hydrogens is 310 g/mol. The minimum absolute atomic E-state index is 0.127. The summed E-state index contributed by atoms with van der Waals surface area (Å²) in [5, 5.41) is 4.00. The Morgan fingerprint density at radius 2 is 2.18 bits per heavy atom. The van der Waals surface area contributed by atoms with E-state index in [9.17, 15) is 8.78 Å². The summed E-state index contributed by atoms with van der Waals surface area (Å²) in [6.45, 7) is 0. The highest BCUT2D eigenvalue weighted by Crippen LogP contribution is 2.20. The number of para-hydroxylation sites is 2. The van der Waals surface area contributed by atoms with Gasteiger partial charge in [-0.15, -0.1) is 0 Å². The van der Waals surface area contributed by atoms with Gasteiger partial charge in [-0.1, -0.05) is 23.9 Å². The fraction of sp³-hybridized carbons (Fsp3) is 0.143. The van der Waals surface area contributed by atoms with Gasteiger partial charge < -0.3 is 9.40 Å². The Balaban J connectivity index is 1.59. The Labute approximate surface area is 128 Å². The number of hydrazone groups is 1. The van der Waals surface area contributed by atoms with E-state index in [0.717, 1.165) is 11.0 Å². The van der Waals surface area contributed by atoms with Gasteiger partial charge >= 0.3 is 0 Å². The molecule has 0 unspecified atom stereocenters. The largest absolute Gasteiger partial charge is 0.459 e. The standard InChI is InChI=1S/C14H12F2N4OS/c15-13(16)22-8-10-6-5-9(21-10)7-17-20-14-18-11-3-1-2-4-12(11)19-14/h1-7,13H,8H2,(H2,18,19,20)/b17-7-. The summed E-state index contributed by atoms with van der Waals surface area (Å²) >= 11 is 0.519. The molecule has 22 heavy (non-hydrogen) atoms. The summed E-state index contributed by atoms with van der Waals surface area (Å²) in [6.07, 6.45) is 1.46. The summed E-state index contributed by atoms with van der Waals surface area (Å²) < 4.78 is 29.5. The maximum absolute atomic E-state index is 12.1. The van der Waals surface area contributed by atoms with E-state index in [1.165, 1.54) is 6.21 Å². The van der Waals surface area contributed by atoms with Crippen molar-refractivity contribution in [2.75, 3.05) is 5.43 Å². The SMILES string of the molecule is FC(F)SCc1ccc(/C=N\Nc2nc3ccccc3[nH]2)o1. The summed E-state index contributed by atoms with van der Waals surface area (Å²) in [5.41, 5.74) is 4.50. The van der Waals surface area contributed by atoms with Crippen LogP contribution >= 0.6 is 11.8 Å². The summed E-state index contributed by atoms with van der Waals surface area (Å²) in [7, 11) is 0. The molecule has 0 spiro atoms. The molecule has 0 radical (unpaired) electrons. The molecule has 0 bridgehead atoms. The molecule has 5 nitrogen and oxygen atoms in total. The third kappa shape index (κ3) is 3.64. The van der Waals surface area contributed by atoms with Crippen LogP contribution in [-0.4, -0.2) is 21.9 Å². The van der Waals surface area contributed by atoms with Crippen molar-refractivity contribution in [3.63, 3.8) is 0 Å². The number of thioether (sulfide) groups is 1. The Morgan fingerprint density at radius 1 is 1.32 bits per heavy atom. The van der Waals surface area contributed by atoms with Crippen molar-refractivity contribution in [3.8, 4) is 0 Å². The fourth-order valence-corrected chi connectivity index (χ4v) is 2.29. The predicted octanol–water partition coefficient (Wildman–Crippen LogP) is 4.06. The molecule has 3 rings (SSSR count). The summed E-state index contributed by atoms with van der Waals surface area (Å²) in [5.74, 6) is -0.805. The van der Waals surface area contributed by atoms with E-state index in [-0.39, 0.29) is 5.75 Å². The van der Waals surface area contributed by atoms with Gasteiger partial charge in [-0.05, 0) is 24.3 Å². The molecule has 8 heteroatoms. The third-order valence-electron chi connectivity index (χ3n) is 2.79. The van der Waals surface area contributed by atoms with Crippen LogP contribution in [0.15, 0.2) is 45.9 Å². The van der Waals surface area contributed by atoms with Gasteiger partial charge in [0.1, 0.15) is 11.5 Å². The van der Waals surface area contributed by atoms with Gasteiger partial charge in [-0.25, -0.2) is 10.4 Å². The number of benzene rings is 1. The number of anilines is 1. The predicted molar refractivity (Wildman–Crippen MR) is 83.3 cm³/mol. The molecule has 0 amide bonds.